The molecule has 2 aromatic rings. The first-order valence-corrected chi connectivity index (χ1v) is 8.69. The monoisotopic (exact) mass is 335 g/mol. The molecule has 0 spiro atoms. The van der Waals surface area contributed by atoms with Gasteiger partial charge in [0, 0.05) is 4.90 Å². The van der Waals surface area contributed by atoms with E-state index in [1.165, 1.54) is 11.3 Å². The smallest absolute Gasteiger partial charge is 0.268 e. The molecule has 0 bridgehead atoms. The molecule has 0 fully saturated rings. The van der Waals surface area contributed by atoms with Gasteiger partial charge in [0.2, 0.25) is 6.10 Å². The molecule has 0 radical (unpaired) electrons. The lowest BCUT2D eigenvalue weighted by Gasteiger charge is -2.13. The van der Waals surface area contributed by atoms with Crippen molar-refractivity contribution in [2.45, 2.75) is 17.9 Å². The van der Waals surface area contributed by atoms with Crippen LogP contribution in [-0.2, 0) is 9.63 Å². The maximum Gasteiger partial charge on any atom is 0.268 e. The summed E-state index contributed by atoms with van der Waals surface area (Å²) < 4.78 is 0. The normalized spacial score (nSPS) is 12.7. The van der Waals surface area contributed by atoms with Gasteiger partial charge in [-0.1, -0.05) is 23.4 Å². The van der Waals surface area contributed by atoms with Crippen molar-refractivity contribution >= 4 is 40.5 Å². The molecular weight excluding hydrogens is 318 g/mol. The Hall–Kier alpha value is -1.99. The molecule has 1 amide bonds. The van der Waals surface area contributed by atoms with Gasteiger partial charge in [-0.3, -0.25) is 4.79 Å². The van der Waals surface area contributed by atoms with E-state index >= 15 is 0 Å². The van der Waals surface area contributed by atoms with E-state index in [9.17, 15) is 4.79 Å². The van der Waals surface area contributed by atoms with Crippen LogP contribution in [0.3, 0.4) is 0 Å². The van der Waals surface area contributed by atoms with Gasteiger partial charge in [-0.05, 0) is 36.8 Å². The summed E-state index contributed by atoms with van der Waals surface area (Å²) in [7, 11) is 0. The fourth-order valence-electron chi connectivity index (χ4n) is 1.64. The zero-order valence-corrected chi connectivity index (χ0v) is 13.9. The van der Waals surface area contributed by atoms with Crippen LogP contribution in [0.25, 0.3) is 0 Å². The van der Waals surface area contributed by atoms with Gasteiger partial charge in [-0.15, -0.1) is 23.1 Å². The minimum absolute atomic E-state index is 0.263. The van der Waals surface area contributed by atoms with E-state index in [4.69, 9.17) is 10.6 Å². The van der Waals surface area contributed by atoms with Gasteiger partial charge in [0.25, 0.3) is 5.91 Å². The molecule has 3 N–H and O–H groups in total. The first-order chi connectivity index (χ1) is 10.6. The predicted molar refractivity (Wildman–Crippen MR) is 92.4 cm³/mol. The molecule has 1 unspecified atom stereocenters. The van der Waals surface area contributed by atoms with E-state index in [1.54, 1.807) is 18.7 Å². The van der Waals surface area contributed by atoms with Gasteiger partial charge < -0.3 is 15.9 Å². The lowest BCUT2D eigenvalue weighted by molar-refractivity contribution is -0.126. The summed E-state index contributed by atoms with van der Waals surface area (Å²) in [6.07, 6.45) is 1.21. The minimum Gasteiger partial charge on any atom is -0.381 e. The lowest BCUT2D eigenvalue weighted by Crippen LogP contribution is -2.27. The maximum absolute atomic E-state index is 12.1. The van der Waals surface area contributed by atoms with Crippen LogP contribution in [0.15, 0.2) is 51.8 Å². The summed E-state index contributed by atoms with van der Waals surface area (Å²) in [5.74, 6) is -0.0107. The topological polar surface area (TPSA) is 76.7 Å². The Balaban J connectivity index is 1.96. The van der Waals surface area contributed by atoms with Crippen LogP contribution in [-0.4, -0.2) is 24.1 Å². The third kappa shape index (κ3) is 4.25. The van der Waals surface area contributed by atoms with Crippen LogP contribution in [0.4, 0.5) is 5.69 Å². The number of thiophene rings is 1. The molecule has 1 heterocycles. The molecule has 0 saturated heterocycles. The predicted octanol–water partition coefficient (Wildman–Crippen LogP) is 3.13. The maximum atomic E-state index is 12.1. The second-order valence-corrected chi connectivity index (χ2v) is 6.19. The molecule has 1 atom stereocenters. The Kier molecular flexibility index (Phi) is 5.85. The molecule has 0 aliphatic rings. The van der Waals surface area contributed by atoms with Gasteiger partial charge in [-0.25, -0.2) is 0 Å². The molecule has 5 nitrogen and oxygen atoms in total. The van der Waals surface area contributed by atoms with Crippen molar-refractivity contribution in [3.63, 3.8) is 0 Å². The largest absolute Gasteiger partial charge is 0.381 e. The highest BCUT2D eigenvalue weighted by molar-refractivity contribution is 7.98. The molecule has 116 valence electrons. The zero-order valence-electron chi connectivity index (χ0n) is 12.3. The van der Waals surface area contributed by atoms with Crippen LogP contribution in [0.1, 0.15) is 11.8 Å². The SMILES string of the molecule is CSc1ccccc1NC(=O)C(C)ON=C(N)c1cccs1. The van der Waals surface area contributed by atoms with Gasteiger partial charge in [0.05, 0.1) is 10.6 Å². The number of anilines is 1. The summed E-state index contributed by atoms with van der Waals surface area (Å²) in [5, 5.41) is 8.53. The zero-order chi connectivity index (χ0) is 15.9. The molecule has 22 heavy (non-hydrogen) atoms. The van der Waals surface area contributed by atoms with Crippen LogP contribution < -0.4 is 11.1 Å². The Morgan fingerprint density at radius 3 is 2.82 bits per heavy atom. The quantitative estimate of drug-likeness (QED) is 0.368. The number of oxime groups is 1. The first-order valence-electron chi connectivity index (χ1n) is 6.59. The number of para-hydroxylation sites is 1. The average Bonchev–Trinajstić information content (AvgIpc) is 3.07. The second kappa shape index (κ2) is 7.86. The number of rotatable bonds is 6. The number of amidine groups is 1. The van der Waals surface area contributed by atoms with Crippen molar-refractivity contribution in [1.82, 2.24) is 0 Å². The van der Waals surface area contributed by atoms with E-state index in [0.717, 1.165) is 15.5 Å². The Morgan fingerprint density at radius 2 is 2.14 bits per heavy atom. The number of amides is 1. The molecule has 0 aliphatic carbocycles. The van der Waals surface area contributed by atoms with E-state index < -0.39 is 6.10 Å². The summed E-state index contributed by atoms with van der Waals surface area (Å²) >= 11 is 3.02. The van der Waals surface area contributed by atoms with Crippen LogP contribution in [0.5, 0.6) is 0 Å². The van der Waals surface area contributed by atoms with Gasteiger partial charge in [-0.2, -0.15) is 0 Å². The fourth-order valence-corrected chi connectivity index (χ4v) is 2.81. The Labute approximate surface area is 137 Å². The van der Waals surface area contributed by atoms with E-state index in [0.29, 0.717) is 0 Å². The highest BCUT2D eigenvalue weighted by Crippen LogP contribution is 2.24. The van der Waals surface area contributed by atoms with Crippen molar-refractivity contribution in [3.05, 3.63) is 46.7 Å². The summed E-state index contributed by atoms with van der Waals surface area (Å²) in [6, 6.07) is 11.3. The van der Waals surface area contributed by atoms with Crippen LogP contribution >= 0.6 is 23.1 Å². The van der Waals surface area contributed by atoms with Gasteiger partial charge in [0.1, 0.15) is 0 Å². The number of benzene rings is 1. The van der Waals surface area contributed by atoms with Crippen molar-refractivity contribution in [2.75, 3.05) is 11.6 Å². The molecule has 1 aromatic heterocycles. The number of hydrogen-bond donors (Lipinski definition) is 2. The van der Waals surface area contributed by atoms with E-state index in [2.05, 4.69) is 10.5 Å². The van der Waals surface area contributed by atoms with Crippen LogP contribution in [0.2, 0.25) is 0 Å². The molecule has 0 aliphatic heterocycles. The molecule has 7 heteroatoms. The molecule has 1 aromatic carbocycles. The summed E-state index contributed by atoms with van der Waals surface area (Å²) in [6.45, 7) is 1.63. The number of hydrogen-bond acceptors (Lipinski definition) is 5. The Morgan fingerprint density at radius 1 is 1.36 bits per heavy atom. The number of carbonyl (C=O) groups is 1. The highest BCUT2D eigenvalue weighted by atomic mass is 32.2. The highest BCUT2D eigenvalue weighted by Gasteiger charge is 2.16. The number of nitrogens with one attached hydrogen (secondary N) is 1. The number of nitrogens with zero attached hydrogens (tertiary/aromatic N) is 1. The molecular formula is C15H17N3O2S2. The van der Waals surface area contributed by atoms with Crippen molar-refractivity contribution < 1.29 is 9.63 Å². The van der Waals surface area contributed by atoms with Gasteiger partial charge in [0.15, 0.2) is 5.84 Å². The second-order valence-electron chi connectivity index (χ2n) is 4.39. The third-order valence-electron chi connectivity index (χ3n) is 2.82. The molecule has 2 rings (SSSR count). The summed E-state index contributed by atoms with van der Waals surface area (Å²) in [4.78, 5) is 19.1. The average molecular weight is 335 g/mol. The first kappa shape index (κ1) is 16.4. The van der Waals surface area contributed by atoms with Gasteiger partial charge >= 0.3 is 0 Å². The number of nitrogens with two attached hydrogens (primary N) is 1. The van der Waals surface area contributed by atoms with Crippen molar-refractivity contribution in [3.8, 4) is 0 Å². The minimum atomic E-state index is -0.742. The standard InChI is InChI=1S/C15H17N3O2S2/c1-10(20-18-14(16)13-8-5-9-22-13)15(19)17-11-6-3-4-7-12(11)21-2/h3-10H,1-2H3,(H2,16,18)(H,17,19). The van der Waals surface area contributed by atoms with Crippen molar-refractivity contribution in [1.29, 1.82) is 0 Å². The van der Waals surface area contributed by atoms with E-state index in [1.807, 2.05) is 48.0 Å². The summed E-state index contributed by atoms with van der Waals surface area (Å²) in [5.41, 5.74) is 6.54. The number of thioether (sulfide) groups is 1. The van der Waals surface area contributed by atoms with Crippen LogP contribution in [0, 0.1) is 0 Å². The van der Waals surface area contributed by atoms with E-state index in [-0.39, 0.29) is 11.7 Å². The number of carbonyl (C=O) groups excluding carboxylic acids is 1. The van der Waals surface area contributed by atoms with Crippen molar-refractivity contribution in [2.24, 2.45) is 10.9 Å². The Bertz CT molecular complexity index is 657. The molecule has 0 saturated carbocycles. The fraction of sp³-hybridized carbons (Fsp3) is 0.200. The third-order valence-corrected chi connectivity index (χ3v) is 4.51. The lowest BCUT2D eigenvalue weighted by atomic mass is 10.3.